The number of nitrogens with zero attached hydrogens (tertiary/aromatic N) is 1. The Bertz CT molecular complexity index is 905. The Morgan fingerprint density at radius 2 is 2.23 bits per heavy atom. The molecule has 4 nitrogen and oxygen atoms in total. The lowest BCUT2D eigenvalue weighted by Crippen LogP contribution is -2.36. The van der Waals surface area contributed by atoms with Gasteiger partial charge in [-0.25, -0.2) is 4.98 Å². The lowest BCUT2D eigenvalue weighted by molar-refractivity contribution is 0.0945. The molecule has 1 atom stereocenters. The zero-order valence-corrected chi connectivity index (χ0v) is 13.5. The fourth-order valence-electron chi connectivity index (χ4n) is 2.88. The molecule has 0 spiro atoms. The van der Waals surface area contributed by atoms with Crippen LogP contribution in [0.15, 0.2) is 24.3 Å². The number of halogens is 1. The summed E-state index contributed by atoms with van der Waals surface area (Å²) in [5.74, 6) is 0.00289. The lowest BCUT2D eigenvalue weighted by atomic mass is 10.1. The van der Waals surface area contributed by atoms with Gasteiger partial charge in [0.1, 0.15) is 10.0 Å². The number of thiophene rings is 1. The van der Waals surface area contributed by atoms with Crippen LogP contribution in [0.2, 0.25) is 5.15 Å². The maximum Gasteiger partial charge on any atom is 0.263 e. The van der Waals surface area contributed by atoms with Crippen molar-refractivity contribution in [2.75, 3.05) is 11.9 Å². The molecule has 0 saturated carbocycles. The van der Waals surface area contributed by atoms with Crippen molar-refractivity contribution < 1.29 is 4.79 Å². The largest absolute Gasteiger partial charge is 0.381 e. The highest BCUT2D eigenvalue weighted by Crippen LogP contribution is 2.41. The molecule has 0 bridgehead atoms. The Labute approximate surface area is 136 Å². The van der Waals surface area contributed by atoms with E-state index in [-0.39, 0.29) is 11.9 Å². The zero-order chi connectivity index (χ0) is 15.3. The van der Waals surface area contributed by atoms with Crippen LogP contribution in [0.1, 0.15) is 23.0 Å². The van der Waals surface area contributed by atoms with Gasteiger partial charge in [0.05, 0.1) is 11.2 Å². The van der Waals surface area contributed by atoms with E-state index in [1.165, 1.54) is 11.3 Å². The van der Waals surface area contributed by atoms with Crippen molar-refractivity contribution in [1.29, 1.82) is 0 Å². The molecule has 22 heavy (non-hydrogen) atoms. The summed E-state index contributed by atoms with van der Waals surface area (Å²) in [7, 11) is 0. The monoisotopic (exact) mass is 331 g/mol. The van der Waals surface area contributed by atoms with Crippen LogP contribution in [0.5, 0.6) is 0 Å². The molecule has 1 aliphatic rings. The highest BCUT2D eigenvalue weighted by molar-refractivity contribution is 7.21. The van der Waals surface area contributed by atoms with E-state index in [2.05, 4.69) is 22.5 Å². The third kappa shape index (κ3) is 2.04. The first-order valence-corrected chi connectivity index (χ1v) is 8.43. The SMILES string of the molecule is CC[C@@H]1CNc2c(sc3ccc4nc(Cl)ccc4c23)C(=O)N1. The van der Waals surface area contributed by atoms with Crippen molar-refractivity contribution in [2.45, 2.75) is 19.4 Å². The zero-order valence-electron chi connectivity index (χ0n) is 11.9. The number of benzene rings is 1. The predicted octanol–water partition coefficient (Wildman–Crippen LogP) is 4.04. The normalized spacial score (nSPS) is 17.9. The fraction of sp³-hybridized carbons (Fsp3) is 0.250. The van der Waals surface area contributed by atoms with E-state index in [4.69, 9.17) is 11.6 Å². The van der Waals surface area contributed by atoms with Crippen LogP contribution in [0.3, 0.4) is 0 Å². The quantitative estimate of drug-likeness (QED) is 0.662. The molecular formula is C16H14ClN3OS. The van der Waals surface area contributed by atoms with Crippen LogP contribution in [0.25, 0.3) is 21.0 Å². The first-order chi connectivity index (χ1) is 10.7. The van der Waals surface area contributed by atoms with Gasteiger partial charge < -0.3 is 10.6 Å². The lowest BCUT2D eigenvalue weighted by Gasteiger charge is -2.13. The fourth-order valence-corrected chi connectivity index (χ4v) is 4.13. The Morgan fingerprint density at radius 3 is 3.05 bits per heavy atom. The van der Waals surface area contributed by atoms with Crippen LogP contribution < -0.4 is 10.6 Å². The van der Waals surface area contributed by atoms with Crippen molar-refractivity contribution in [3.8, 4) is 0 Å². The minimum Gasteiger partial charge on any atom is -0.381 e. The molecule has 112 valence electrons. The number of carbonyl (C=O) groups is 1. The Morgan fingerprint density at radius 1 is 1.36 bits per heavy atom. The van der Waals surface area contributed by atoms with Crippen molar-refractivity contribution in [3.63, 3.8) is 0 Å². The summed E-state index contributed by atoms with van der Waals surface area (Å²) >= 11 is 7.50. The van der Waals surface area contributed by atoms with Gasteiger partial charge in [-0.3, -0.25) is 4.79 Å². The average molecular weight is 332 g/mol. The molecule has 3 heterocycles. The molecular weight excluding hydrogens is 318 g/mol. The van der Waals surface area contributed by atoms with Gasteiger partial charge in [0, 0.05) is 28.1 Å². The number of pyridine rings is 1. The van der Waals surface area contributed by atoms with E-state index in [0.29, 0.717) is 5.15 Å². The molecule has 2 N–H and O–H groups in total. The van der Waals surface area contributed by atoms with E-state index in [0.717, 1.165) is 44.5 Å². The topological polar surface area (TPSA) is 54.0 Å². The first-order valence-electron chi connectivity index (χ1n) is 7.24. The highest BCUT2D eigenvalue weighted by atomic mass is 35.5. The van der Waals surface area contributed by atoms with Gasteiger partial charge in [-0.15, -0.1) is 11.3 Å². The standard InChI is InChI=1S/C16H14ClN3OS/c1-2-8-7-18-14-13-9-3-6-12(17)20-10(9)4-5-11(13)22-15(14)16(21)19-8/h3-6,8,18H,2,7H2,1H3,(H,19,21)/t8-/m1/s1. The van der Waals surface area contributed by atoms with Crippen molar-refractivity contribution in [3.05, 3.63) is 34.3 Å². The molecule has 4 rings (SSSR count). The summed E-state index contributed by atoms with van der Waals surface area (Å²) in [6.45, 7) is 2.81. The summed E-state index contributed by atoms with van der Waals surface area (Å²) < 4.78 is 1.08. The van der Waals surface area contributed by atoms with Crippen molar-refractivity contribution in [2.24, 2.45) is 0 Å². The van der Waals surface area contributed by atoms with Crippen molar-refractivity contribution >= 4 is 55.5 Å². The number of nitrogens with one attached hydrogen (secondary N) is 2. The average Bonchev–Trinajstić information content (AvgIpc) is 2.82. The molecule has 1 amide bonds. The minimum absolute atomic E-state index is 0.00289. The number of rotatable bonds is 1. The minimum atomic E-state index is 0.00289. The van der Waals surface area contributed by atoms with Gasteiger partial charge in [-0.2, -0.15) is 0 Å². The van der Waals surface area contributed by atoms with Crippen LogP contribution in [-0.2, 0) is 0 Å². The van der Waals surface area contributed by atoms with Gasteiger partial charge in [0.15, 0.2) is 0 Å². The molecule has 0 fully saturated rings. The Hall–Kier alpha value is -1.85. The number of aromatic nitrogens is 1. The summed E-state index contributed by atoms with van der Waals surface area (Å²) in [5, 5.41) is 9.09. The third-order valence-electron chi connectivity index (χ3n) is 4.05. The van der Waals surface area contributed by atoms with Crippen LogP contribution >= 0.6 is 22.9 Å². The smallest absolute Gasteiger partial charge is 0.263 e. The summed E-state index contributed by atoms with van der Waals surface area (Å²) in [6, 6.07) is 7.88. The molecule has 1 aromatic carbocycles. The van der Waals surface area contributed by atoms with Gasteiger partial charge in [0.2, 0.25) is 0 Å². The third-order valence-corrected chi connectivity index (χ3v) is 5.41. The predicted molar refractivity (Wildman–Crippen MR) is 92.2 cm³/mol. The number of hydrogen-bond acceptors (Lipinski definition) is 4. The van der Waals surface area contributed by atoms with Crippen LogP contribution in [0.4, 0.5) is 5.69 Å². The highest BCUT2D eigenvalue weighted by Gasteiger charge is 2.25. The molecule has 0 radical (unpaired) electrons. The molecule has 3 aromatic rings. The number of carbonyl (C=O) groups excluding carboxylic acids is 1. The summed E-state index contributed by atoms with van der Waals surface area (Å²) in [4.78, 5) is 17.6. The van der Waals surface area contributed by atoms with Gasteiger partial charge in [-0.1, -0.05) is 18.5 Å². The number of fused-ring (bicyclic) bond motifs is 5. The van der Waals surface area contributed by atoms with Gasteiger partial charge in [0.25, 0.3) is 5.91 Å². The van der Waals surface area contributed by atoms with Crippen LogP contribution in [-0.4, -0.2) is 23.5 Å². The molecule has 1 aliphatic heterocycles. The van der Waals surface area contributed by atoms with Gasteiger partial charge >= 0.3 is 0 Å². The van der Waals surface area contributed by atoms with Crippen LogP contribution in [0, 0.1) is 0 Å². The van der Waals surface area contributed by atoms with E-state index in [1.54, 1.807) is 6.07 Å². The number of hydrogen-bond donors (Lipinski definition) is 2. The van der Waals surface area contributed by atoms with E-state index in [1.807, 2.05) is 18.2 Å². The molecule has 0 saturated heterocycles. The second-order valence-electron chi connectivity index (χ2n) is 5.41. The Kier molecular flexibility index (Phi) is 3.20. The molecule has 0 unspecified atom stereocenters. The second kappa shape index (κ2) is 5.11. The van der Waals surface area contributed by atoms with E-state index >= 15 is 0 Å². The number of amides is 1. The van der Waals surface area contributed by atoms with E-state index < -0.39 is 0 Å². The van der Waals surface area contributed by atoms with E-state index in [9.17, 15) is 4.79 Å². The summed E-state index contributed by atoms with van der Waals surface area (Å²) in [6.07, 6.45) is 0.906. The molecule has 6 heteroatoms. The second-order valence-corrected chi connectivity index (χ2v) is 6.84. The number of anilines is 1. The van der Waals surface area contributed by atoms with Gasteiger partial charge in [-0.05, 0) is 30.7 Å². The first kappa shape index (κ1) is 13.8. The van der Waals surface area contributed by atoms with Crippen molar-refractivity contribution in [1.82, 2.24) is 10.3 Å². The maximum absolute atomic E-state index is 12.5. The summed E-state index contributed by atoms with van der Waals surface area (Å²) in [5.41, 5.74) is 1.77. The molecule has 2 aromatic heterocycles. The Balaban J connectivity index is 2.00. The maximum atomic E-state index is 12.5. The molecule has 0 aliphatic carbocycles.